The summed E-state index contributed by atoms with van der Waals surface area (Å²) in [5, 5.41) is 0. The third-order valence-electron chi connectivity index (χ3n) is 2.72. The van der Waals surface area contributed by atoms with Gasteiger partial charge in [0.25, 0.3) is 0 Å². The van der Waals surface area contributed by atoms with Crippen LogP contribution in [-0.2, 0) is 14.2 Å². The quantitative estimate of drug-likeness (QED) is 0.370. The minimum atomic E-state index is -0.281. The van der Waals surface area contributed by atoms with Gasteiger partial charge in [0.2, 0.25) is 0 Å². The molecule has 0 atom stereocenters. The van der Waals surface area contributed by atoms with Crippen LogP contribution in [0.15, 0.2) is 29.2 Å². The second-order valence-electron chi connectivity index (χ2n) is 4.19. The van der Waals surface area contributed by atoms with E-state index in [2.05, 4.69) is 19.1 Å². The molecule has 0 heterocycles. The van der Waals surface area contributed by atoms with Gasteiger partial charge in [-0.3, -0.25) is 0 Å². The lowest BCUT2D eigenvalue weighted by atomic mass is 10.2. The van der Waals surface area contributed by atoms with E-state index in [1.807, 2.05) is 23.9 Å². The van der Waals surface area contributed by atoms with Gasteiger partial charge in [-0.05, 0) is 18.6 Å². The minimum Gasteiger partial charge on any atom is -0.381 e. The molecule has 3 nitrogen and oxygen atoms in total. The van der Waals surface area contributed by atoms with Crippen LogP contribution in [0, 0.1) is 0 Å². The molecule has 1 aromatic carbocycles. The summed E-state index contributed by atoms with van der Waals surface area (Å²) in [5.74, 6) is 0.987. The number of thioether (sulfide) groups is 1. The number of hydrogen-bond donors (Lipinski definition) is 0. The fraction of sp³-hybridized carbons (Fsp3) is 0.600. The van der Waals surface area contributed by atoms with Crippen LogP contribution in [0.4, 0.5) is 0 Å². The zero-order chi connectivity index (χ0) is 13.9. The number of unbranched alkanes of at least 4 members (excludes halogenated alkanes) is 1. The van der Waals surface area contributed by atoms with Crippen LogP contribution in [0.1, 0.15) is 31.6 Å². The third kappa shape index (κ3) is 6.43. The number of benzene rings is 1. The molecule has 0 saturated carbocycles. The fourth-order valence-electron chi connectivity index (χ4n) is 1.66. The lowest BCUT2D eigenvalue weighted by Crippen LogP contribution is -2.03. The number of hydrogen-bond acceptors (Lipinski definition) is 4. The predicted octanol–water partition coefficient (Wildman–Crippen LogP) is 3.89. The summed E-state index contributed by atoms with van der Waals surface area (Å²) in [5.41, 5.74) is 1.04. The van der Waals surface area contributed by atoms with Crippen molar-refractivity contribution >= 4 is 11.8 Å². The topological polar surface area (TPSA) is 27.7 Å². The van der Waals surface area contributed by atoms with Crippen LogP contribution in [-0.4, -0.2) is 33.2 Å². The van der Waals surface area contributed by atoms with Crippen LogP contribution in [0.25, 0.3) is 0 Å². The van der Waals surface area contributed by atoms with Gasteiger partial charge in [-0.1, -0.05) is 25.5 Å². The first-order chi connectivity index (χ1) is 9.31. The first-order valence-electron chi connectivity index (χ1n) is 6.68. The van der Waals surface area contributed by atoms with E-state index in [4.69, 9.17) is 14.2 Å². The fourth-order valence-corrected chi connectivity index (χ4v) is 2.42. The lowest BCUT2D eigenvalue weighted by Gasteiger charge is -2.13. The molecule has 0 saturated heterocycles. The van der Waals surface area contributed by atoms with Crippen LogP contribution < -0.4 is 0 Å². The Morgan fingerprint density at radius 2 is 1.74 bits per heavy atom. The van der Waals surface area contributed by atoms with Gasteiger partial charge in [-0.25, -0.2) is 0 Å². The molecular formula is C15H24O3S. The Labute approximate surface area is 120 Å². The monoisotopic (exact) mass is 284 g/mol. The highest BCUT2D eigenvalue weighted by Crippen LogP contribution is 2.22. The van der Waals surface area contributed by atoms with Crippen molar-refractivity contribution in [3.05, 3.63) is 29.8 Å². The van der Waals surface area contributed by atoms with E-state index in [0.29, 0.717) is 0 Å². The first-order valence-corrected chi connectivity index (χ1v) is 7.66. The summed E-state index contributed by atoms with van der Waals surface area (Å²) in [6.07, 6.45) is 2.06. The van der Waals surface area contributed by atoms with Gasteiger partial charge < -0.3 is 14.2 Å². The Morgan fingerprint density at radius 3 is 2.32 bits per heavy atom. The predicted molar refractivity (Wildman–Crippen MR) is 79.7 cm³/mol. The van der Waals surface area contributed by atoms with E-state index < -0.39 is 0 Å². The van der Waals surface area contributed by atoms with E-state index in [1.54, 1.807) is 14.2 Å². The first kappa shape index (κ1) is 16.5. The van der Waals surface area contributed by atoms with E-state index in [0.717, 1.165) is 31.0 Å². The largest absolute Gasteiger partial charge is 0.381 e. The molecule has 1 rings (SSSR count). The molecule has 0 N–H and O–H groups in total. The summed E-state index contributed by atoms with van der Waals surface area (Å²) in [7, 11) is 3.29. The normalized spacial score (nSPS) is 11.2. The van der Waals surface area contributed by atoms with E-state index in [9.17, 15) is 0 Å². The van der Waals surface area contributed by atoms with Crippen molar-refractivity contribution in [2.45, 2.75) is 31.0 Å². The van der Waals surface area contributed by atoms with Gasteiger partial charge in [0.05, 0.1) is 6.61 Å². The maximum absolute atomic E-state index is 5.53. The maximum atomic E-state index is 5.53. The average molecular weight is 284 g/mol. The van der Waals surface area contributed by atoms with Crippen LogP contribution in [0.5, 0.6) is 0 Å². The molecule has 0 fully saturated rings. The second-order valence-corrected chi connectivity index (χ2v) is 5.36. The molecule has 0 amide bonds. The van der Waals surface area contributed by atoms with Crippen LogP contribution in [0.2, 0.25) is 0 Å². The Bertz CT molecular complexity index is 323. The molecule has 0 radical (unpaired) electrons. The van der Waals surface area contributed by atoms with Gasteiger partial charge in [0, 0.05) is 37.0 Å². The van der Waals surface area contributed by atoms with Gasteiger partial charge in [-0.15, -0.1) is 11.8 Å². The summed E-state index contributed by atoms with van der Waals surface area (Å²) in [4.78, 5) is 1.24. The SMILES string of the molecule is CCCCOCCSc1ccc(C(OC)OC)cc1. The van der Waals surface area contributed by atoms with Crippen molar-refractivity contribution in [3.63, 3.8) is 0 Å². The molecular weight excluding hydrogens is 260 g/mol. The highest BCUT2D eigenvalue weighted by Gasteiger charge is 2.07. The molecule has 0 aliphatic carbocycles. The highest BCUT2D eigenvalue weighted by atomic mass is 32.2. The molecule has 19 heavy (non-hydrogen) atoms. The highest BCUT2D eigenvalue weighted by molar-refractivity contribution is 7.99. The minimum absolute atomic E-state index is 0.281. The van der Waals surface area contributed by atoms with Gasteiger partial charge in [0.1, 0.15) is 0 Å². The zero-order valence-corrected chi connectivity index (χ0v) is 12.9. The third-order valence-corrected chi connectivity index (χ3v) is 3.70. The summed E-state index contributed by atoms with van der Waals surface area (Å²) in [6.45, 7) is 3.86. The molecule has 4 heteroatoms. The Balaban J connectivity index is 2.28. The summed E-state index contributed by atoms with van der Waals surface area (Å²) < 4.78 is 16.0. The molecule has 0 aliphatic rings. The van der Waals surface area contributed by atoms with Crippen molar-refractivity contribution in [3.8, 4) is 0 Å². The van der Waals surface area contributed by atoms with Crippen molar-refractivity contribution in [1.82, 2.24) is 0 Å². The molecule has 0 spiro atoms. The second kappa shape index (κ2) is 10.3. The average Bonchev–Trinajstić information content (AvgIpc) is 2.45. The van der Waals surface area contributed by atoms with E-state index in [-0.39, 0.29) is 6.29 Å². The lowest BCUT2D eigenvalue weighted by molar-refractivity contribution is -0.106. The molecule has 0 aromatic heterocycles. The molecule has 0 aliphatic heterocycles. The van der Waals surface area contributed by atoms with Crippen LogP contribution >= 0.6 is 11.8 Å². The molecule has 108 valence electrons. The Hall–Kier alpha value is -0.550. The zero-order valence-electron chi connectivity index (χ0n) is 12.1. The number of methoxy groups -OCH3 is 2. The Morgan fingerprint density at radius 1 is 1.05 bits per heavy atom. The number of ether oxygens (including phenoxy) is 3. The summed E-state index contributed by atoms with van der Waals surface area (Å²) >= 11 is 1.81. The smallest absolute Gasteiger partial charge is 0.183 e. The summed E-state index contributed by atoms with van der Waals surface area (Å²) in [6, 6.07) is 8.27. The van der Waals surface area contributed by atoms with Gasteiger partial charge >= 0.3 is 0 Å². The number of rotatable bonds is 10. The van der Waals surface area contributed by atoms with Crippen molar-refractivity contribution < 1.29 is 14.2 Å². The Kier molecular flexibility index (Phi) is 8.91. The van der Waals surface area contributed by atoms with Crippen molar-refractivity contribution in [2.75, 3.05) is 33.2 Å². The van der Waals surface area contributed by atoms with Gasteiger partial charge in [-0.2, -0.15) is 0 Å². The molecule has 0 bridgehead atoms. The van der Waals surface area contributed by atoms with Crippen molar-refractivity contribution in [2.24, 2.45) is 0 Å². The molecule has 1 aromatic rings. The van der Waals surface area contributed by atoms with Gasteiger partial charge in [0.15, 0.2) is 6.29 Å². The van der Waals surface area contributed by atoms with E-state index in [1.165, 1.54) is 11.3 Å². The standard InChI is InChI=1S/C15H24O3S/c1-4-5-10-18-11-12-19-14-8-6-13(7-9-14)15(16-2)17-3/h6-9,15H,4-5,10-12H2,1-3H3. The van der Waals surface area contributed by atoms with E-state index >= 15 is 0 Å². The molecule has 0 unspecified atom stereocenters. The van der Waals surface area contributed by atoms with Crippen molar-refractivity contribution in [1.29, 1.82) is 0 Å². The van der Waals surface area contributed by atoms with Crippen LogP contribution in [0.3, 0.4) is 0 Å². The maximum Gasteiger partial charge on any atom is 0.183 e.